The van der Waals surface area contributed by atoms with Crippen molar-refractivity contribution in [2.45, 2.75) is 25.3 Å². The minimum atomic E-state index is -0.0422. The van der Waals surface area contributed by atoms with Gasteiger partial charge in [-0.05, 0) is 38.1 Å². The van der Waals surface area contributed by atoms with E-state index in [1.807, 2.05) is 0 Å². The molecule has 0 atom stereocenters. The van der Waals surface area contributed by atoms with Crippen LogP contribution < -0.4 is 10.1 Å². The van der Waals surface area contributed by atoms with Gasteiger partial charge in [-0.15, -0.1) is 0 Å². The van der Waals surface area contributed by atoms with Crippen molar-refractivity contribution in [2.24, 2.45) is 0 Å². The lowest BCUT2D eigenvalue weighted by molar-refractivity contribution is -0.116. The molecule has 6 heteroatoms. The van der Waals surface area contributed by atoms with E-state index >= 15 is 0 Å². The first-order chi connectivity index (χ1) is 10.6. The fourth-order valence-corrected chi connectivity index (χ4v) is 2.75. The molecule has 1 saturated heterocycles. The zero-order valence-electron chi connectivity index (χ0n) is 13.1. The maximum atomic E-state index is 12.1. The zero-order valence-corrected chi connectivity index (χ0v) is 13.9. The molecule has 0 spiro atoms. The monoisotopic (exact) mass is 326 g/mol. The number of halogens is 1. The van der Waals surface area contributed by atoms with Crippen LogP contribution in [0.5, 0.6) is 5.75 Å². The van der Waals surface area contributed by atoms with Gasteiger partial charge in [0.25, 0.3) is 0 Å². The summed E-state index contributed by atoms with van der Waals surface area (Å²) in [7, 11) is 3.63. The van der Waals surface area contributed by atoms with Gasteiger partial charge in [0.2, 0.25) is 5.91 Å². The van der Waals surface area contributed by atoms with E-state index in [0.717, 1.165) is 32.6 Å². The lowest BCUT2D eigenvalue weighted by Crippen LogP contribution is -2.38. The number of rotatable bonds is 6. The van der Waals surface area contributed by atoms with E-state index in [0.29, 0.717) is 28.9 Å². The minimum Gasteiger partial charge on any atom is -0.495 e. The topological polar surface area (TPSA) is 50.8 Å². The number of benzene rings is 1. The molecule has 122 valence electrons. The van der Waals surface area contributed by atoms with Crippen molar-refractivity contribution in [1.82, 2.24) is 4.90 Å². The Morgan fingerprint density at radius 1 is 1.45 bits per heavy atom. The van der Waals surface area contributed by atoms with E-state index < -0.39 is 0 Å². The van der Waals surface area contributed by atoms with E-state index in [2.05, 4.69) is 17.3 Å². The lowest BCUT2D eigenvalue weighted by Gasteiger charge is -2.30. The summed E-state index contributed by atoms with van der Waals surface area (Å²) in [4.78, 5) is 14.4. The Morgan fingerprint density at radius 2 is 2.18 bits per heavy atom. The molecule has 0 aromatic heterocycles. The number of nitrogens with one attached hydrogen (secondary N) is 1. The molecule has 0 unspecified atom stereocenters. The molecular weight excluding hydrogens is 304 g/mol. The molecule has 22 heavy (non-hydrogen) atoms. The van der Waals surface area contributed by atoms with Gasteiger partial charge in [-0.1, -0.05) is 11.6 Å². The summed E-state index contributed by atoms with van der Waals surface area (Å²) >= 11 is 5.96. The van der Waals surface area contributed by atoms with E-state index in [9.17, 15) is 4.79 Å². The summed E-state index contributed by atoms with van der Waals surface area (Å²) < 4.78 is 10.6. The predicted molar refractivity (Wildman–Crippen MR) is 87.7 cm³/mol. The third kappa shape index (κ3) is 4.87. The molecule has 0 radical (unpaired) electrons. The highest BCUT2D eigenvalue weighted by Gasteiger charge is 2.19. The molecule has 5 nitrogen and oxygen atoms in total. The fraction of sp³-hybridized carbons (Fsp3) is 0.562. The third-order valence-corrected chi connectivity index (χ3v) is 4.18. The lowest BCUT2D eigenvalue weighted by atomic mass is 10.1. The first-order valence-electron chi connectivity index (χ1n) is 7.51. The SMILES string of the molecule is COc1ccc(Cl)cc1NC(=O)CCN(C)C1CCOCC1. The van der Waals surface area contributed by atoms with Crippen LogP contribution in [0.1, 0.15) is 19.3 Å². The zero-order chi connectivity index (χ0) is 15.9. The van der Waals surface area contributed by atoms with Gasteiger partial charge in [0, 0.05) is 37.2 Å². The molecule has 1 aromatic carbocycles. The highest BCUT2D eigenvalue weighted by molar-refractivity contribution is 6.31. The minimum absolute atomic E-state index is 0.0422. The molecule has 0 bridgehead atoms. The number of carbonyl (C=O) groups is 1. The molecule has 1 fully saturated rings. The molecule has 1 aromatic rings. The van der Waals surface area contributed by atoms with Gasteiger partial charge in [-0.3, -0.25) is 4.79 Å². The van der Waals surface area contributed by atoms with Crippen molar-refractivity contribution >= 4 is 23.2 Å². The largest absolute Gasteiger partial charge is 0.495 e. The molecule has 0 saturated carbocycles. The molecule has 1 heterocycles. The maximum Gasteiger partial charge on any atom is 0.225 e. The summed E-state index contributed by atoms with van der Waals surface area (Å²) in [5.41, 5.74) is 0.605. The van der Waals surface area contributed by atoms with Gasteiger partial charge in [0.1, 0.15) is 5.75 Å². The van der Waals surface area contributed by atoms with Crippen molar-refractivity contribution < 1.29 is 14.3 Å². The Labute approximate surface area is 136 Å². The van der Waals surface area contributed by atoms with Crippen molar-refractivity contribution in [1.29, 1.82) is 0 Å². The second kappa shape index (κ2) is 8.36. The molecule has 1 amide bonds. The normalized spacial score (nSPS) is 15.8. The van der Waals surface area contributed by atoms with Crippen molar-refractivity contribution in [3.8, 4) is 5.75 Å². The first-order valence-corrected chi connectivity index (χ1v) is 7.89. The van der Waals surface area contributed by atoms with E-state index in [1.165, 1.54) is 0 Å². The van der Waals surface area contributed by atoms with Crippen LogP contribution in [0.3, 0.4) is 0 Å². The number of hydrogen-bond acceptors (Lipinski definition) is 4. The highest BCUT2D eigenvalue weighted by Crippen LogP contribution is 2.27. The average molecular weight is 327 g/mol. The Kier molecular flexibility index (Phi) is 6.49. The predicted octanol–water partition coefficient (Wildman–Crippen LogP) is 2.79. The van der Waals surface area contributed by atoms with Crippen LogP contribution in [-0.2, 0) is 9.53 Å². The van der Waals surface area contributed by atoms with Gasteiger partial charge < -0.3 is 19.7 Å². The summed E-state index contributed by atoms with van der Waals surface area (Å²) in [5, 5.41) is 3.43. The van der Waals surface area contributed by atoms with Crippen LogP contribution in [0, 0.1) is 0 Å². The number of ether oxygens (including phenoxy) is 2. The fourth-order valence-electron chi connectivity index (χ4n) is 2.58. The van der Waals surface area contributed by atoms with E-state index in [4.69, 9.17) is 21.1 Å². The van der Waals surface area contributed by atoms with Gasteiger partial charge >= 0.3 is 0 Å². The van der Waals surface area contributed by atoms with Crippen molar-refractivity contribution in [3.05, 3.63) is 23.2 Å². The van der Waals surface area contributed by atoms with E-state index in [1.54, 1.807) is 25.3 Å². The Hall–Kier alpha value is -1.30. The van der Waals surface area contributed by atoms with Gasteiger partial charge in [0.05, 0.1) is 12.8 Å². The standard InChI is InChI=1S/C16H23ClN2O3/c1-19(13-6-9-22-10-7-13)8-5-16(20)18-14-11-12(17)3-4-15(14)21-2/h3-4,11,13H,5-10H2,1-2H3,(H,18,20). The maximum absolute atomic E-state index is 12.1. The smallest absolute Gasteiger partial charge is 0.225 e. The highest BCUT2D eigenvalue weighted by atomic mass is 35.5. The average Bonchev–Trinajstić information content (AvgIpc) is 2.53. The van der Waals surface area contributed by atoms with Gasteiger partial charge in [0.15, 0.2) is 0 Å². The van der Waals surface area contributed by atoms with Gasteiger partial charge in [-0.2, -0.15) is 0 Å². The third-order valence-electron chi connectivity index (χ3n) is 3.94. The number of methoxy groups -OCH3 is 1. The number of anilines is 1. The van der Waals surface area contributed by atoms with Crippen LogP contribution in [0.25, 0.3) is 0 Å². The molecular formula is C16H23ClN2O3. The quantitative estimate of drug-likeness (QED) is 0.873. The molecule has 1 aliphatic heterocycles. The Morgan fingerprint density at radius 3 is 2.86 bits per heavy atom. The first kappa shape index (κ1) is 17.1. The Balaban J connectivity index is 1.83. The second-order valence-corrected chi connectivity index (χ2v) is 5.90. The number of nitrogens with zero attached hydrogens (tertiary/aromatic N) is 1. The van der Waals surface area contributed by atoms with Crippen molar-refractivity contribution in [3.63, 3.8) is 0 Å². The summed E-state index contributed by atoms with van der Waals surface area (Å²) in [5.74, 6) is 0.565. The van der Waals surface area contributed by atoms with Crippen LogP contribution in [0.2, 0.25) is 5.02 Å². The van der Waals surface area contributed by atoms with Crippen LogP contribution in [0.15, 0.2) is 18.2 Å². The van der Waals surface area contributed by atoms with Crippen molar-refractivity contribution in [2.75, 3.05) is 39.2 Å². The number of carbonyl (C=O) groups excluding carboxylic acids is 1. The summed E-state index contributed by atoms with van der Waals surface area (Å²) in [6.07, 6.45) is 2.49. The number of amides is 1. The summed E-state index contributed by atoms with van der Waals surface area (Å²) in [6.45, 7) is 2.33. The summed E-state index contributed by atoms with van der Waals surface area (Å²) in [6, 6.07) is 5.67. The van der Waals surface area contributed by atoms with Crippen LogP contribution >= 0.6 is 11.6 Å². The van der Waals surface area contributed by atoms with E-state index in [-0.39, 0.29) is 5.91 Å². The Bertz CT molecular complexity index is 504. The molecule has 1 N–H and O–H groups in total. The second-order valence-electron chi connectivity index (χ2n) is 5.47. The molecule has 2 rings (SSSR count). The van der Waals surface area contributed by atoms with Crippen LogP contribution in [-0.4, -0.2) is 50.8 Å². The van der Waals surface area contributed by atoms with Crippen LogP contribution in [0.4, 0.5) is 5.69 Å². The number of hydrogen-bond donors (Lipinski definition) is 1. The molecule has 1 aliphatic rings. The van der Waals surface area contributed by atoms with Gasteiger partial charge in [-0.25, -0.2) is 0 Å². The molecule has 0 aliphatic carbocycles.